The summed E-state index contributed by atoms with van der Waals surface area (Å²) >= 11 is 0. The number of aromatic nitrogens is 2. The highest BCUT2D eigenvalue weighted by atomic mass is 15.2. The molecule has 3 aliphatic rings. The number of piperidine rings is 3. The van der Waals surface area contributed by atoms with Gasteiger partial charge >= 0.3 is 0 Å². The Morgan fingerprint density at radius 3 is 2.94 bits per heavy atom. The fourth-order valence-electron chi connectivity index (χ4n) is 3.42. The summed E-state index contributed by atoms with van der Waals surface area (Å²) in [6.07, 6.45) is 4.61. The minimum atomic E-state index is 0.605. The molecule has 0 spiro atoms. The van der Waals surface area contributed by atoms with E-state index in [0.717, 1.165) is 11.4 Å². The fourth-order valence-corrected chi connectivity index (χ4v) is 3.42. The first-order valence-corrected chi connectivity index (χ1v) is 6.81. The number of aromatic amines is 1. The van der Waals surface area contributed by atoms with E-state index in [-0.39, 0.29) is 0 Å². The topological polar surface area (TPSA) is 44.0 Å². The Kier molecular flexibility index (Phi) is 2.30. The predicted octanol–water partition coefficient (Wildman–Crippen LogP) is 2.07. The zero-order chi connectivity index (χ0) is 11.9. The summed E-state index contributed by atoms with van der Waals surface area (Å²) in [7, 11) is 0. The van der Waals surface area contributed by atoms with Gasteiger partial charge in [0, 0.05) is 23.7 Å². The van der Waals surface area contributed by atoms with Crippen LogP contribution in [-0.4, -0.2) is 40.8 Å². The van der Waals surface area contributed by atoms with Crippen LogP contribution in [-0.2, 0) is 0 Å². The maximum Gasteiger partial charge on any atom is 0.0671 e. The molecule has 0 amide bonds. The van der Waals surface area contributed by atoms with Crippen LogP contribution in [0.4, 0.5) is 5.69 Å². The molecular formula is C14H18N4. The van der Waals surface area contributed by atoms with E-state index in [1.54, 1.807) is 0 Å². The molecule has 1 aromatic carbocycles. The molecule has 4 nitrogen and oxygen atoms in total. The first-order valence-electron chi connectivity index (χ1n) is 6.81. The summed E-state index contributed by atoms with van der Waals surface area (Å²) in [5.74, 6) is 0.845. The van der Waals surface area contributed by atoms with Gasteiger partial charge in [0.2, 0.25) is 0 Å². The molecule has 4 heteroatoms. The van der Waals surface area contributed by atoms with E-state index in [9.17, 15) is 0 Å². The number of nitrogens with zero attached hydrogens (tertiary/aromatic N) is 2. The van der Waals surface area contributed by atoms with Crippen molar-refractivity contribution in [3.63, 3.8) is 0 Å². The van der Waals surface area contributed by atoms with Gasteiger partial charge in [0.05, 0.1) is 11.7 Å². The lowest BCUT2D eigenvalue weighted by Crippen LogP contribution is -2.53. The lowest BCUT2D eigenvalue weighted by atomic mass is 9.84. The fraction of sp³-hybridized carbons (Fsp3) is 0.500. The minimum absolute atomic E-state index is 0.605. The molecule has 18 heavy (non-hydrogen) atoms. The van der Waals surface area contributed by atoms with Gasteiger partial charge in [-0.15, -0.1) is 0 Å². The van der Waals surface area contributed by atoms with Crippen LogP contribution in [0.25, 0.3) is 10.9 Å². The number of nitrogens with one attached hydrogen (secondary N) is 2. The van der Waals surface area contributed by atoms with Crippen molar-refractivity contribution in [2.75, 3.05) is 25.0 Å². The van der Waals surface area contributed by atoms with Crippen LogP contribution >= 0.6 is 0 Å². The lowest BCUT2D eigenvalue weighted by molar-refractivity contribution is 0.0976. The van der Waals surface area contributed by atoms with E-state index >= 15 is 0 Å². The summed E-state index contributed by atoms with van der Waals surface area (Å²) in [5.41, 5.74) is 2.33. The van der Waals surface area contributed by atoms with Crippen LogP contribution in [0.15, 0.2) is 24.4 Å². The minimum Gasteiger partial charge on any atom is -0.380 e. The first-order chi connectivity index (χ1) is 8.90. The normalized spacial score (nSPS) is 30.8. The van der Waals surface area contributed by atoms with Gasteiger partial charge in [-0.1, -0.05) is 6.07 Å². The zero-order valence-electron chi connectivity index (χ0n) is 10.4. The van der Waals surface area contributed by atoms with Crippen LogP contribution in [0.5, 0.6) is 0 Å². The SMILES string of the molecule is c1cc(NC2CN3CCC2CC3)c2cn[nH]c2c1. The zero-order valence-corrected chi connectivity index (χ0v) is 10.4. The largest absolute Gasteiger partial charge is 0.380 e. The summed E-state index contributed by atoms with van der Waals surface area (Å²) in [6, 6.07) is 6.93. The molecule has 2 N–H and O–H groups in total. The second kappa shape index (κ2) is 3.99. The van der Waals surface area contributed by atoms with Gasteiger partial charge in [-0.2, -0.15) is 5.10 Å². The van der Waals surface area contributed by atoms with E-state index in [0.29, 0.717) is 6.04 Å². The molecule has 2 aromatic rings. The Hall–Kier alpha value is -1.55. The van der Waals surface area contributed by atoms with Crippen molar-refractivity contribution < 1.29 is 0 Å². The molecule has 0 radical (unpaired) electrons. The van der Waals surface area contributed by atoms with Crippen molar-refractivity contribution in [2.45, 2.75) is 18.9 Å². The molecule has 0 saturated carbocycles. The number of hydrogen-bond acceptors (Lipinski definition) is 3. The lowest BCUT2D eigenvalue weighted by Gasteiger charge is -2.45. The molecule has 3 aliphatic heterocycles. The highest BCUT2D eigenvalue weighted by molar-refractivity contribution is 5.90. The number of H-pyrrole nitrogens is 1. The monoisotopic (exact) mass is 242 g/mol. The Morgan fingerprint density at radius 2 is 2.17 bits per heavy atom. The second-order valence-corrected chi connectivity index (χ2v) is 5.53. The second-order valence-electron chi connectivity index (χ2n) is 5.53. The average molecular weight is 242 g/mol. The van der Waals surface area contributed by atoms with Crippen molar-refractivity contribution >= 4 is 16.6 Å². The molecule has 0 aliphatic carbocycles. The maximum absolute atomic E-state index is 4.13. The third-order valence-electron chi connectivity index (χ3n) is 4.48. The van der Waals surface area contributed by atoms with Gasteiger partial charge in [-0.05, 0) is 44.0 Å². The predicted molar refractivity (Wildman–Crippen MR) is 72.7 cm³/mol. The van der Waals surface area contributed by atoms with Gasteiger partial charge in [0.25, 0.3) is 0 Å². The Bertz CT molecular complexity index is 554. The number of rotatable bonds is 2. The third-order valence-corrected chi connectivity index (χ3v) is 4.48. The van der Waals surface area contributed by atoms with E-state index in [4.69, 9.17) is 0 Å². The van der Waals surface area contributed by atoms with E-state index in [2.05, 4.69) is 38.6 Å². The van der Waals surface area contributed by atoms with Gasteiger partial charge in [0.15, 0.2) is 0 Å². The molecule has 4 heterocycles. The number of anilines is 1. The Morgan fingerprint density at radius 1 is 1.28 bits per heavy atom. The highest BCUT2D eigenvalue weighted by Crippen LogP contribution is 2.31. The Balaban J connectivity index is 1.62. The molecule has 94 valence electrons. The van der Waals surface area contributed by atoms with Gasteiger partial charge in [-0.3, -0.25) is 5.10 Å². The van der Waals surface area contributed by atoms with Crippen molar-refractivity contribution in [3.05, 3.63) is 24.4 Å². The number of hydrogen-bond donors (Lipinski definition) is 2. The quantitative estimate of drug-likeness (QED) is 0.847. The molecule has 2 bridgehead atoms. The molecule has 3 fully saturated rings. The van der Waals surface area contributed by atoms with Crippen LogP contribution in [0, 0.1) is 5.92 Å². The molecule has 5 rings (SSSR count). The van der Waals surface area contributed by atoms with E-state index < -0.39 is 0 Å². The summed E-state index contributed by atoms with van der Waals surface area (Å²) < 4.78 is 0. The van der Waals surface area contributed by atoms with Gasteiger partial charge in [0.1, 0.15) is 0 Å². The molecule has 1 unspecified atom stereocenters. The average Bonchev–Trinajstić information content (AvgIpc) is 2.90. The van der Waals surface area contributed by atoms with Crippen molar-refractivity contribution in [1.29, 1.82) is 0 Å². The van der Waals surface area contributed by atoms with Gasteiger partial charge in [-0.25, -0.2) is 0 Å². The third kappa shape index (κ3) is 1.60. The first kappa shape index (κ1) is 10.4. The van der Waals surface area contributed by atoms with Crippen LogP contribution in [0.3, 0.4) is 0 Å². The van der Waals surface area contributed by atoms with Crippen molar-refractivity contribution in [3.8, 4) is 0 Å². The van der Waals surface area contributed by atoms with Crippen LogP contribution < -0.4 is 5.32 Å². The van der Waals surface area contributed by atoms with Crippen molar-refractivity contribution in [2.24, 2.45) is 5.92 Å². The Labute approximate surface area is 106 Å². The highest BCUT2D eigenvalue weighted by Gasteiger charge is 2.34. The van der Waals surface area contributed by atoms with E-state index in [1.807, 2.05) is 6.20 Å². The standard InChI is InChI=1S/C14H18N4/c1-2-12(11-8-15-17-13(11)3-1)16-14-9-18-6-4-10(14)5-7-18/h1-3,8,10,14,16H,4-7,9H2,(H,15,17). The maximum atomic E-state index is 4.13. The molecular weight excluding hydrogens is 224 g/mol. The smallest absolute Gasteiger partial charge is 0.0671 e. The van der Waals surface area contributed by atoms with E-state index in [1.165, 1.54) is 43.5 Å². The summed E-state index contributed by atoms with van der Waals surface area (Å²) in [4.78, 5) is 2.58. The summed E-state index contributed by atoms with van der Waals surface area (Å²) in [6.45, 7) is 3.77. The molecule has 1 aromatic heterocycles. The summed E-state index contributed by atoms with van der Waals surface area (Å²) in [5, 5.41) is 12.1. The van der Waals surface area contributed by atoms with Crippen LogP contribution in [0.1, 0.15) is 12.8 Å². The van der Waals surface area contributed by atoms with Gasteiger partial charge < -0.3 is 10.2 Å². The number of fused-ring (bicyclic) bond motifs is 4. The van der Waals surface area contributed by atoms with Crippen LogP contribution in [0.2, 0.25) is 0 Å². The molecule has 3 saturated heterocycles. The van der Waals surface area contributed by atoms with Crippen molar-refractivity contribution in [1.82, 2.24) is 15.1 Å². The molecule has 1 atom stereocenters. The number of benzene rings is 1.